The number of hydrogen-bond acceptors (Lipinski definition) is 5. The number of fused-ring (bicyclic) bond motifs is 6. The molecule has 0 unspecified atom stereocenters. The lowest BCUT2D eigenvalue weighted by Crippen LogP contribution is -2.16. The fraction of sp³-hybridized carbons (Fsp3) is 0.0976. The first-order chi connectivity index (χ1) is 23.1. The van der Waals surface area contributed by atoms with Crippen LogP contribution in [0.5, 0.6) is 0 Å². The molecule has 0 aliphatic heterocycles. The van der Waals surface area contributed by atoms with Crippen LogP contribution in [-0.2, 0) is 10.3 Å². The molecular formula is C41H30Br2O5. The third kappa shape index (κ3) is 5.83. The third-order valence-corrected chi connectivity index (χ3v) is 9.40. The average molecular weight is 762 g/mol. The number of carbonyl (C=O) groups excluding carboxylic acids is 1. The first kappa shape index (κ1) is 31.9. The predicted molar refractivity (Wildman–Crippen MR) is 200 cm³/mol. The van der Waals surface area contributed by atoms with E-state index < -0.39 is 5.60 Å². The Labute approximate surface area is 294 Å². The molecule has 1 N–H and O–H groups in total. The van der Waals surface area contributed by atoms with Gasteiger partial charge in [0.1, 0.15) is 22.3 Å². The van der Waals surface area contributed by atoms with Crippen molar-refractivity contribution in [3.05, 3.63) is 141 Å². The van der Waals surface area contributed by atoms with Crippen LogP contribution in [0.15, 0.2) is 139 Å². The summed E-state index contributed by atoms with van der Waals surface area (Å²) >= 11 is 6.94. The van der Waals surface area contributed by atoms with Crippen molar-refractivity contribution in [3.63, 3.8) is 0 Å². The Morgan fingerprint density at radius 3 is 1.62 bits per heavy atom. The third-order valence-electron chi connectivity index (χ3n) is 8.41. The smallest absolute Gasteiger partial charge is 0.338 e. The monoisotopic (exact) mass is 760 g/mol. The highest BCUT2D eigenvalue weighted by Gasteiger charge is 2.23. The molecule has 8 aromatic rings. The van der Waals surface area contributed by atoms with Gasteiger partial charge in [-0.1, -0.05) is 105 Å². The molecule has 0 saturated carbocycles. The largest absolute Gasteiger partial charge is 0.465 e. The van der Waals surface area contributed by atoms with Crippen LogP contribution in [0.2, 0.25) is 0 Å². The number of aliphatic hydroxyl groups is 1. The first-order valence-corrected chi connectivity index (χ1v) is 16.9. The van der Waals surface area contributed by atoms with Crippen LogP contribution < -0.4 is 0 Å². The highest BCUT2D eigenvalue weighted by molar-refractivity contribution is 9.10. The van der Waals surface area contributed by atoms with Crippen molar-refractivity contribution in [2.75, 3.05) is 7.11 Å². The van der Waals surface area contributed by atoms with E-state index >= 15 is 0 Å². The average Bonchev–Trinajstić information content (AvgIpc) is 3.66. The normalized spacial score (nSPS) is 11.6. The van der Waals surface area contributed by atoms with Crippen LogP contribution in [0.3, 0.4) is 0 Å². The standard InChI is InChI=1S/C21H17BrO2.C20H13BrO3/c1-21(2,23)17-12-13(22)10-11-14(17)15-7-5-9-19-20(15)16-6-3-4-8-18(16)24-19;1-23-20(22)16-11-12(21)9-10-13(16)14-6-4-8-18-19(14)15-5-2-3-7-17(15)24-18/h3-12,23H,1-2H3;2-11H,1H3. The first-order valence-electron chi connectivity index (χ1n) is 15.4. The summed E-state index contributed by atoms with van der Waals surface area (Å²) in [5.41, 5.74) is 7.68. The minimum absolute atomic E-state index is 0.365. The SMILES string of the molecule is CC(C)(O)c1cc(Br)ccc1-c1cccc2oc3ccccc3c12.COC(=O)c1cc(Br)ccc1-c1cccc2oc3ccccc3c12. The number of para-hydroxylation sites is 2. The highest BCUT2D eigenvalue weighted by Crippen LogP contribution is 2.41. The van der Waals surface area contributed by atoms with Crippen LogP contribution in [-0.4, -0.2) is 18.2 Å². The minimum Gasteiger partial charge on any atom is -0.465 e. The summed E-state index contributed by atoms with van der Waals surface area (Å²) in [5, 5.41) is 14.9. The van der Waals surface area contributed by atoms with Crippen molar-refractivity contribution in [1.29, 1.82) is 0 Å². The number of hydrogen-bond donors (Lipinski definition) is 1. The number of ether oxygens (including phenoxy) is 1. The van der Waals surface area contributed by atoms with Crippen molar-refractivity contribution in [1.82, 2.24) is 0 Å². The maximum atomic E-state index is 12.2. The van der Waals surface area contributed by atoms with Gasteiger partial charge in [-0.2, -0.15) is 0 Å². The van der Waals surface area contributed by atoms with E-state index in [1.54, 1.807) is 6.07 Å². The number of furan rings is 2. The fourth-order valence-corrected chi connectivity index (χ4v) is 7.01. The Morgan fingerprint density at radius 1 is 0.604 bits per heavy atom. The molecular weight excluding hydrogens is 732 g/mol. The van der Waals surface area contributed by atoms with Crippen LogP contribution in [0.1, 0.15) is 29.8 Å². The Morgan fingerprint density at radius 2 is 1.08 bits per heavy atom. The van der Waals surface area contributed by atoms with Crippen molar-refractivity contribution in [2.45, 2.75) is 19.4 Å². The zero-order valence-electron chi connectivity index (χ0n) is 26.4. The Kier molecular flexibility index (Phi) is 8.46. The molecule has 5 nitrogen and oxygen atoms in total. The van der Waals surface area contributed by atoms with Crippen LogP contribution in [0.4, 0.5) is 0 Å². The molecule has 0 fully saturated rings. The van der Waals surface area contributed by atoms with Gasteiger partial charge in [-0.3, -0.25) is 0 Å². The number of carbonyl (C=O) groups is 1. The van der Waals surface area contributed by atoms with Gasteiger partial charge < -0.3 is 18.7 Å². The van der Waals surface area contributed by atoms with Gasteiger partial charge in [0.2, 0.25) is 0 Å². The molecule has 0 amide bonds. The van der Waals surface area contributed by atoms with Gasteiger partial charge in [-0.15, -0.1) is 0 Å². The second kappa shape index (κ2) is 12.7. The molecule has 0 aliphatic rings. The summed E-state index contributed by atoms with van der Waals surface area (Å²) in [5.74, 6) is -0.365. The number of halogens is 2. The fourth-order valence-electron chi connectivity index (χ4n) is 6.29. The lowest BCUT2D eigenvalue weighted by molar-refractivity contribution is 0.0601. The molecule has 2 heterocycles. The molecule has 48 heavy (non-hydrogen) atoms. The Balaban J connectivity index is 0.000000152. The lowest BCUT2D eigenvalue weighted by atomic mass is 9.88. The van der Waals surface area contributed by atoms with Crippen molar-refractivity contribution < 1.29 is 23.5 Å². The second-order valence-corrected chi connectivity index (χ2v) is 13.8. The van der Waals surface area contributed by atoms with E-state index in [-0.39, 0.29) is 5.97 Å². The molecule has 238 valence electrons. The number of esters is 1. The van der Waals surface area contributed by atoms with Crippen molar-refractivity contribution >= 4 is 81.7 Å². The lowest BCUT2D eigenvalue weighted by Gasteiger charge is -2.22. The summed E-state index contributed by atoms with van der Waals surface area (Å²) in [6.45, 7) is 3.62. The van der Waals surface area contributed by atoms with E-state index in [2.05, 4.69) is 44.0 Å². The summed E-state index contributed by atoms with van der Waals surface area (Å²) in [4.78, 5) is 12.2. The molecule has 6 aromatic carbocycles. The molecule has 0 atom stereocenters. The highest BCUT2D eigenvalue weighted by atomic mass is 79.9. The molecule has 2 aromatic heterocycles. The summed E-state index contributed by atoms with van der Waals surface area (Å²) in [6, 6.07) is 39.6. The van der Waals surface area contributed by atoms with E-state index in [9.17, 15) is 9.90 Å². The summed E-state index contributed by atoms with van der Waals surface area (Å²) in [6.07, 6.45) is 0. The molecule has 0 spiro atoms. The molecule has 8 rings (SSSR count). The summed E-state index contributed by atoms with van der Waals surface area (Å²) < 4.78 is 18.7. The van der Waals surface area contributed by atoms with Gasteiger partial charge in [0, 0.05) is 30.5 Å². The molecule has 0 radical (unpaired) electrons. The number of benzene rings is 6. The molecule has 0 aliphatic carbocycles. The maximum absolute atomic E-state index is 12.2. The van der Waals surface area contributed by atoms with Gasteiger partial charge in [0.05, 0.1) is 18.3 Å². The molecule has 0 bridgehead atoms. The maximum Gasteiger partial charge on any atom is 0.338 e. The van der Waals surface area contributed by atoms with E-state index in [1.165, 1.54) is 7.11 Å². The van der Waals surface area contributed by atoms with Crippen molar-refractivity contribution in [3.8, 4) is 22.3 Å². The predicted octanol–water partition coefficient (Wildman–Crippen LogP) is 12.0. The van der Waals surface area contributed by atoms with E-state index in [4.69, 9.17) is 13.6 Å². The van der Waals surface area contributed by atoms with Gasteiger partial charge >= 0.3 is 5.97 Å². The molecule has 0 saturated heterocycles. The Hall–Kier alpha value is -4.69. The minimum atomic E-state index is -0.944. The van der Waals surface area contributed by atoms with Gasteiger partial charge in [-0.25, -0.2) is 4.79 Å². The topological polar surface area (TPSA) is 72.8 Å². The van der Waals surface area contributed by atoms with Crippen molar-refractivity contribution in [2.24, 2.45) is 0 Å². The summed E-state index contributed by atoms with van der Waals surface area (Å²) in [7, 11) is 1.39. The van der Waals surface area contributed by atoms with E-state index in [0.717, 1.165) is 80.6 Å². The second-order valence-electron chi connectivity index (χ2n) is 12.0. The number of methoxy groups -OCH3 is 1. The molecule has 7 heteroatoms. The quantitative estimate of drug-likeness (QED) is 0.181. The van der Waals surface area contributed by atoms with Crippen LogP contribution in [0, 0.1) is 0 Å². The van der Waals surface area contributed by atoms with Crippen LogP contribution in [0.25, 0.3) is 66.1 Å². The van der Waals surface area contributed by atoms with E-state index in [0.29, 0.717) is 5.56 Å². The van der Waals surface area contributed by atoms with Gasteiger partial charge in [0.25, 0.3) is 0 Å². The Bertz CT molecular complexity index is 2480. The van der Waals surface area contributed by atoms with Gasteiger partial charge in [-0.05, 0) is 90.2 Å². The van der Waals surface area contributed by atoms with Gasteiger partial charge in [0.15, 0.2) is 0 Å². The van der Waals surface area contributed by atoms with Crippen LogP contribution >= 0.6 is 31.9 Å². The zero-order valence-corrected chi connectivity index (χ0v) is 29.6. The zero-order chi connectivity index (χ0) is 33.6. The number of rotatable bonds is 4. The van der Waals surface area contributed by atoms with E-state index in [1.807, 2.05) is 117 Å².